The predicted molar refractivity (Wildman–Crippen MR) is 73.2 cm³/mol. The van der Waals surface area contributed by atoms with Crippen molar-refractivity contribution < 1.29 is 4.79 Å². The number of anilines is 1. The molecule has 18 heavy (non-hydrogen) atoms. The SMILES string of the molecule is N#CCCNC(=O)CNc1c(Cl)cc(Cl)cc1Cl. The van der Waals surface area contributed by atoms with Crippen molar-refractivity contribution in [3.63, 3.8) is 0 Å². The van der Waals surface area contributed by atoms with E-state index in [-0.39, 0.29) is 18.9 Å². The molecule has 0 radical (unpaired) electrons. The van der Waals surface area contributed by atoms with Gasteiger partial charge in [0.1, 0.15) is 0 Å². The zero-order chi connectivity index (χ0) is 13.5. The number of benzene rings is 1. The molecule has 0 fully saturated rings. The third-order valence-corrected chi connectivity index (χ3v) is 2.81. The summed E-state index contributed by atoms with van der Waals surface area (Å²) in [4.78, 5) is 11.4. The topological polar surface area (TPSA) is 64.9 Å². The van der Waals surface area contributed by atoms with Crippen LogP contribution in [0.25, 0.3) is 0 Å². The number of halogens is 3. The van der Waals surface area contributed by atoms with Crippen LogP contribution in [-0.2, 0) is 4.79 Å². The van der Waals surface area contributed by atoms with Crippen molar-refractivity contribution in [2.45, 2.75) is 6.42 Å². The van der Waals surface area contributed by atoms with Crippen LogP contribution in [0.3, 0.4) is 0 Å². The first-order valence-corrected chi connectivity index (χ1v) is 6.20. The number of hydrogen-bond acceptors (Lipinski definition) is 3. The third-order valence-electron chi connectivity index (χ3n) is 1.99. The summed E-state index contributed by atoms with van der Waals surface area (Å²) in [5.74, 6) is -0.243. The molecule has 0 spiro atoms. The summed E-state index contributed by atoms with van der Waals surface area (Å²) in [5, 5.41) is 14.8. The van der Waals surface area contributed by atoms with Gasteiger partial charge >= 0.3 is 0 Å². The normalized spacial score (nSPS) is 9.67. The van der Waals surface area contributed by atoms with E-state index in [2.05, 4.69) is 10.6 Å². The Bertz CT molecular complexity index is 462. The van der Waals surface area contributed by atoms with Crippen LogP contribution in [0.15, 0.2) is 12.1 Å². The lowest BCUT2D eigenvalue weighted by Crippen LogP contribution is -2.30. The fourth-order valence-electron chi connectivity index (χ4n) is 1.20. The fraction of sp³-hybridized carbons (Fsp3) is 0.273. The Kier molecular flexibility index (Phi) is 6.06. The van der Waals surface area contributed by atoms with Gasteiger partial charge in [0.05, 0.1) is 34.8 Å². The summed E-state index contributed by atoms with van der Waals surface area (Å²) in [6, 6.07) is 4.99. The standard InChI is InChI=1S/C11H10Cl3N3O/c12-7-4-8(13)11(9(14)5-7)17-6-10(18)16-3-1-2-15/h4-5,17H,1,3,6H2,(H,16,18). The highest BCUT2D eigenvalue weighted by Crippen LogP contribution is 2.33. The number of amides is 1. The summed E-state index contributed by atoms with van der Waals surface area (Å²) in [5.41, 5.74) is 0.457. The molecule has 96 valence electrons. The van der Waals surface area contributed by atoms with E-state index in [1.807, 2.05) is 6.07 Å². The van der Waals surface area contributed by atoms with Gasteiger partial charge in [-0.3, -0.25) is 4.79 Å². The fourth-order valence-corrected chi connectivity index (χ4v) is 2.15. The van der Waals surface area contributed by atoms with Crippen molar-refractivity contribution in [3.05, 3.63) is 27.2 Å². The molecule has 0 atom stereocenters. The summed E-state index contributed by atoms with van der Waals surface area (Å²) in [6.07, 6.45) is 0.272. The molecule has 0 aliphatic heterocycles. The van der Waals surface area contributed by atoms with E-state index in [1.165, 1.54) is 12.1 Å². The van der Waals surface area contributed by atoms with Gasteiger partial charge in [-0.05, 0) is 12.1 Å². The molecular formula is C11H10Cl3N3O. The lowest BCUT2D eigenvalue weighted by Gasteiger charge is -2.10. The van der Waals surface area contributed by atoms with Crippen molar-refractivity contribution in [3.8, 4) is 6.07 Å². The van der Waals surface area contributed by atoms with Gasteiger partial charge in [-0.25, -0.2) is 0 Å². The second kappa shape index (κ2) is 7.32. The van der Waals surface area contributed by atoms with E-state index in [0.717, 1.165) is 0 Å². The van der Waals surface area contributed by atoms with E-state index in [9.17, 15) is 4.79 Å². The van der Waals surface area contributed by atoms with Gasteiger partial charge in [0.25, 0.3) is 0 Å². The first-order chi connectivity index (χ1) is 8.54. The Balaban J connectivity index is 2.54. The first-order valence-electron chi connectivity index (χ1n) is 5.06. The van der Waals surface area contributed by atoms with Crippen LogP contribution in [0.4, 0.5) is 5.69 Å². The predicted octanol–water partition coefficient (Wildman–Crippen LogP) is 3.09. The van der Waals surface area contributed by atoms with Crippen LogP contribution in [-0.4, -0.2) is 19.0 Å². The van der Waals surface area contributed by atoms with Crippen LogP contribution < -0.4 is 10.6 Å². The van der Waals surface area contributed by atoms with Crippen LogP contribution >= 0.6 is 34.8 Å². The maximum Gasteiger partial charge on any atom is 0.239 e. The molecule has 4 nitrogen and oxygen atoms in total. The Hall–Kier alpha value is -1.15. The molecular weight excluding hydrogens is 296 g/mol. The van der Waals surface area contributed by atoms with Crippen LogP contribution in [0.2, 0.25) is 15.1 Å². The van der Waals surface area contributed by atoms with E-state index < -0.39 is 0 Å². The number of carbonyl (C=O) groups excluding carboxylic acids is 1. The number of nitrogens with zero attached hydrogens (tertiary/aromatic N) is 1. The molecule has 2 N–H and O–H groups in total. The van der Waals surface area contributed by atoms with Gasteiger partial charge in [-0.2, -0.15) is 5.26 Å². The molecule has 1 rings (SSSR count). The van der Waals surface area contributed by atoms with Gasteiger partial charge in [-0.15, -0.1) is 0 Å². The molecule has 1 aromatic carbocycles. The molecule has 0 saturated carbocycles. The Morgan fingerprint density at radius 3 is 2.44 bits per heavy atom. The van der Waals surface area contributed by atoms with Gasteiger partial charge in [0, 0.05) is 11.6 Å². The summed E-state index contributed by atoms with van der Waals surface area (Å²) in [6.45, 7) is 0.339. The molecule has 0 aliphatic carbocycles. The van der Waals surface area contributed by atoms with E-state index in [0.29, 0.717) is 27.3 Å². The zero-order valence-corrected chi connectivity index (χ0v) is 11.5. The first kappa shape index (κ1) is 14.9. The Morgan fingerprint density at radius 2 is 1.89 bits per heavy atom. The van der Waals surface area contributed by atoms with E-state index in [4.69, 9.17) is 40.1 Å². The highest BCUT2D eigenvalue weighted by atomic mass is 35.5. The molecule has 1 aromatic rings. The van der Waals surface area contributed by atoms with Crippen molar-refractivity contribution >= 4 is 46.4 Å². The highest BCUT2D eigenvalue weighted by molar-refractivity contribution is 6.41. The smallest absolute Gasteiger partial charge is 0.239 e. The minimum atomic E-state index is -0.243. The molecule has 0 heterocycles. The van der Waals surface area contributed by atoms with Gasteiger partial charge in [-0.1, -0.05) is 34.8 Å². The van der Waals surface area contributed by atoms with Crippen LogP contribution in [0.1, 0.15) is 6.42 Å². The summed E-state index contributed by atoms with van der Waals surface area (Å²) in [7, 11) is 0. The average Bonchev–Trinajstić information content (AvgIpc) is 2.27. The number of hydrogen-bond donors (Lipinski definition) is 2. The highest BCUT2D eigenvalue weighted by Gasteiger charge is 2.09. The zero-order valence-electron chi connectivity index (χ0n) is 9.27. The Morgan fingerprint density at radius 1 is 1.28 bits per heavy atom. The molecule has 7 heteroatoms. The lowest BCUT2D eigenvalue weighted by molar-refractivity contribution is -0.119. The minimum Gasteiger partial charge on any atom is -0.374 e. The van der Waals surface area contributed by atoms with Gasteiger partial charge in [0.15, 0.2) is 0 Å². The second-order valence-electron chi connectivity index (χ2n) is 3.36. The van der Waals surface area contributed by atoms with Crippen molar-refractivity contribution in [2.24, 2.45) is 0 Å². The van der Waals surface area contributed by atoms with Crippen LogP contribution in [0.5, 0.6) is 0 Å². The lowest BCUT2D eigenvalue weighted by atomic mass is 10.3. The number of nitrogens with one attached hydrogen (secondary N) is 2. The van der Waals surface area contributed by atoms with Crippen LogP contribution in [0, 0.1) is 11.3 Å². The minimum absolute atomic E-state index is 0.0203. The van der Waals surface area contributed by atoms with Crippen molar-refractivity contribution in [2.75, 3.05) is 18.4 Å². The van der Waals surface area contributed by atoms with E-state index >= 15 is 0 Å². The molecule has 0 bridgehead atoms. The van der Waals surface area contributed by atoms with Crippen molar-refractivity contribution in [1.82, 2.24) is 5.32 Å². The second-order valence-corrected chi connectivity index (χ2v) is 4.61. The monoisotopic (exact) mass is 305 g/mol. The molecule has 0 saturated heterocycles. The molecule has 1 amide bonds. The number of rotatable bonds is 5. The van der Waals surface area contributed by atoms with Gasteiger partial charge < -0.3 is 10.6 Å². The van der Waals surface area contributed by atoms with Crippen molar-refractivity contribution in [1.29, 1.82) is 5.26 Å². The third kappa shape index (κ3) is 4.61. The quantitative estimate of drug-likeness (QED) is 0.822. The summed E-state index contributed by atoms with van der Waals surface area (Å²) >= 11 is 17.6. The maximum atomic E-state index is 11.4. The summed E-state index contributed by atoms with van der Waals surface area (Å²) < 4.78 is 0. The average molecular weight is 307 g/mol. The van der Waals surface area contributed by atoms with E-state index in [1.54, 1.807) is 0 Å². The number of nitriles is 1. The molecule has 0 unspecified atom stereocenters. The molecule has 0 aliphatic rings. The largest absolute Gasteiger partial charge is 0.374 e. The molecule has 0 aromatic heterocycles. The maximum absolute atomic E-state index is 11.4. The number of carbonyl (C=O) groups is 1. The Labute approximate surface area is 120 Å². The van der Waals surface area contributed by atoms with Gasteiger partial charge in [0.2, 0.25) is 5.91 Å².